The zero-order valence-electron chi connectivity index (χ0n) is 26.5. The molecule has 3 aromatic carbocycles. The molecule has 2 heterocycles. The molecule has 0 aliphatic carbocycles. The zero-order chi connectivity index (χ0) is 30.6. The lowest BCUT2D eigenvalue weighted by molar-refractivity contribution is -0.0272. The van der Waals surface area contributed by atoms with Gasteiger partial charge in [-0.15, -0.1) is 0 Å². The highest BCUT2D eigenvalue weighted by atomic mass is 16.5. The summed E-state index contributed by atoms with van der Waals surface area (Å²) in [7, 11) is 3.44. The number of hydrogen-bond donors (Lipinski definition) is 1. The van der Waals surface area contributed by atoms with Crippen molar-refractivity contribution in [3.63, 3.8) is 0 Å². The summed E-state index contributed by atoms with van der Waals surface area (Å²) in [5, 5.41) is 3.54. The van der Waals surface area contributed by atoms with Gasteiger partial charge in [0.2, 0.25) is 0 Å². The minimum Gasteiger partial charge on any atom is -0.496 e. The zero-order valence-corrected chi connectivity index (χ0v) is 26.5. The van der Waals surface area contributed by atoms with Crippen LogP contribution < -0.4 is 24.4 Å². The fourth-order valence-corrected chi connectivity index (χ4v) is 6.04. The van der Waals surface area contributed by atoms with Crippen LogP contribution in [0.15, 0.2) is 66.7 Å². The van der Waals surface area contributed by atoms with Crippen molar-refractivity contribution in [2.24, 2.45) is 0 Å². The molecule has 0 amide bonds. The first-order chi connectivity index (χ1) is 21.7. The SMILES string of the molecule is COCCCN1CCOc2ccc([C@H](C)OC3CNCC[C@@H]3c3ccc(OCCCOCc4ccccc4OC)cc3)cc21. The first kappa shape index (κ1) is 32.1. The Kier molecular flexibility index (Phi) is 12.2. The Balaban J connectivity index is 1.11. The first-order valence-electron chi connectivity index (χ1n) is 16.0. The van der Waals surface area contributed by atoms with Gasteiger partial charge in [0, 0.05) is 44.7 Å². The predicted molar refractivity (Wildman–Crippen MR) is 173 cm³/mol. The first-order valence-corrected chi connectivity index (χ1v) is 16.0. The van der Waals surface area contributed by atoms with Gasteiger partial charge in [-0.1, -0.05) is 36.4 Å². The van der Waals surface area contributed by atoms with Crippen LogP contribution in [0, 0.1) is 0 Å². The normalized spacial score (nSPS) is 18.8. The van der Waals surface area contributed by atoms with Crippen LogP contribution in [0.1, 0.15) is 54.9 Å². The van der Waals surface area contributed by atoms with Gasteiger partial charge >= 0.3 is 0 Å². The molecule has 2 aliphatic heterocycles. The Bertz CT molecular complexity index is 1290. The Hall–Kier alpha value is -3.30. The van der Waals surface area contributed by atoms with Crippen molar-refractivity contribution in [2.45, 2.75) is 50.9 Å². The van der Waals surface area contributed by atoms with Gasteiger partial charge in [-0.2, -0.15) is 0 Å². The Morgan fingerprint density at radius 1 is 0.977 bits per heavy atom. The lowest BCUT2D eigenvalue weighted by Gasteiger charge is -2.35. The van der Waals surface area contributed by atoms with E-state index in [1.54, 1.807) is 14.2 Å². The molecule has 0 saturated carbocycles. The Morgan fingerprint density at radius 2 is 1.84 bits per heavy atom. The topological polar surface area (TPSA) is 70.7 Å². The number of nitrogens with one attached hydrogen (secondary N) is 1. The molecular weight excluding hydrogens is 556 g/mol. The molecule has 0 radical (unpaired) electrons. The van der Waals surface area contributed by atoms with Crippen molar-refractivity contribution < 1.29 is 28.4 Å². The van der Waals surface area contributed by atoms with Crippen LogP contribution in [0.3, 0.4) is 0 Å². The van der Waals surface area contributed by atoms with Gasteiger partial charge in [-0.05, 0) is 67.8 Å². The van der Waals surface area contributed by atoms with Gasteiger partial charge in [-0.3, -0.25) is 0 Å². The van der Waals surface area contributed by atoms with Gasteiger partial charge in [0.1, 0.15) is 23.9 Å². The van der Waals surface area contributed by atoms with E-state index < -0.39 is 0 Å². The maximum atomic E-state index is 6.75. The van der Waals surface area contributed by atoms with E-state index in [9.17, 15) is 0 Å². The third-order valence-corrected chi connectivity index (χ3v) is 8.45. The van der Waals surface area contributed by atoms with E-state index >= 15 is 0 Å². The van der Waals surface area contributed by atoms with Crippen molar-refractivity contribution in [3.05, 3.63) is 83.4 Å². The predicted octanol–water partition coefficient (Wildman–Crippen LogP) is 6.14. The molecule has 8 nitrogen and oxygen atoms in total. The van der Waals surface area contributed by atoms with Crippen LogP contribution in [0.5, 0.6) is 17.2 Å². The van der Waals surface area contributed by atoms with Gasteiger partial charge in [0.05, 0.1) is 51.4 Å². The van der Waals surface area contributed by atoms with Crippen molar-refractivity contribution in [3.8, 4) is 17.2 Å². The third-order valence-electron chi connectivity index (χ3n) is 8.45. The van der Waals surface area contributed by atoms with E-state index in [4.69, 9.17) is 28.4 Å². The number of piperidine rings is 1. The molecule has 5 rings (SSSR count). The molecule has 0 bridgehead atoms. The molecule has 0 spiro atoms. The molecule has 3 atom stereocenters. The van der Waals surface area contributed by atoms with Crippen LogP contribution in [0.4, 0.5) is 5.69 Å². The smallest absolute Gasteiger partial charge is 0.142 e. The quantitative estimate of drug-likeness (QED) is 0.196. The summed E-state index contributed by atoms with van der Waals surface area (Å²) in [6.45, 7) is 9.06. The van der Waals surface area contributed by atoms with Crippen molar-refractivity contribution in [1.29, 1.82) is 0 Å². The lowest BCUT2D eigenvalue weighted by Crippen LogP contribution is -2.41. The minimum atomic E-state index is -0.0387. The second-order valence-electron chi connectivity index (χ2n) is 11.5. The fraction of sp³-hybridized carbons (Fsp3) is 0.500. The number of nitrogens with zero attached hydrogens (tertiary/aromatic N) is 1. The van der Waals surface area contributed by atoms with E-state index in [1.807, 2.05) is 24.3 Å². The highest BCUT2D eigenvalue weighted by Crippen LogP contribution is 2.37. The highest BCUT2D eigenvalue weighted by Gasteiger charge is 2.29. The van der Waals surface area contributed by atoms with E-state index in [0.29, 0.717) is 32.3 Å². The van der Waals surface area contributed by atoms with E-state index in [1.165, 1.54) is 11.1 Å². The summed E-state index contributed by atoms with van der Waals surface area (Å²) in [5.41, 5.74) is 4.67. The average molecular weight is 605 g/mol. The standard InChI is InChI=1S/C36H48N2O6/c1-27(29-12-15-35-33(24-29)38(19-23-43-35)18-6-20-39-2)44-36-25-37-17-16-32(36)28-10-13-31(14-11-28)42-22-7-21-41-26-30-8-4-5-9-34(30)40-3/h4-5,8-15,24,27,32,36-37H,6-7,16-23,25-26H2,1-3H3/t27-,32+,36?/m0/s1. The van der Waals surface area contributed by atoms with Gasteiger partial charge in [-0.25, -0.2) is 0 Å². The molecule has 1 N–H and O–H groups in total. The molecule has 1 fully saturated rings. The third kappa shape index (κ3) is 8.66. The Labute approximate surface area is 262 Å². The minimum absolute atomic E-state index is 0.0387. The number of rotatable bonds is 16. The number of methoxy groups -OCH3 is 2. The van der Waals surface area contributed by atoms with Gasteiger partial charge in [0.25, 0.3) is 0 Å². The molecule has 0 aromatic heterocycles. The largest absolute Gasteiger partial charge is 0.496 e. The van der Waals surface area contributed by atoms with Crippen molar-refractivity contribution in [1.82, 2.24) is 5.32 Å². The summed E-state index contributed by atoms with van der Waals surface area (Å²) < 4.78 is 35.2. The van der Waals surface area contributed by atoms with E-state index in [-0.39, 0.29) is 12.2 Å². The Morgan fingerprint density at radius 3 is 2.68 bits per heavy atom. The maximum absolute atomic E-state index is 6.75. The molecule has 1 unspecified atom stereocenters. The number of ether oxygens (including phenoxy) is 6. The molecular formula is C36H48N2O6. The number of fused-ring (bicyclic) bond motifs is 1. The second-order valence-corrected chi connectivity index (χ2v) is 11.5. The van der Waals surface area contributed by atoms with E-state index in [2.05, 4.69) is 59.6 Å². The summed E-state index contributed by atoms with van der Waals surface area (Å²) in [4.78, 5) is 2.40. The fourth-order valence-electron chi connectivity index (χ4n) is 6.04. The molecule has 238 valence electrons. The van der Waals surface area contributed by atoms with Crippen LogP contribution >= 0.6 is 0 Å². The van der Waals surface area contributed by atoms with Gasteiger partial charge in [0.15, 0.2) is 0 Å². The monoisotopic (exact) mass is 604 g/mol. The number of para-hydroxylation sites is 1. The molecule has 1 saturated heterocycles. The van der Waals surface area contributed by atoms with Crippen LogP contribution in [0.25, 0.3) is 0 Å². The van der Waals surface area contributed by atoms with Crippen molar-refractivity contribution in [2.75, 3.05) is 71.7 Å². The second kappa shape index (κ2) is 16.7. The van der Waals surface area contributed by atoms with Crippen LogP contribution in [-0.4, -0.2) is 72.9 Å². The summed E-state index contributed by atoms with van der Waals surface area (Å²) in [6, 6.07) is 23.0. The number of benzene rings is 3. The molecule has 3 aromatic rings. The molecule has 2 aliphatic rings. The molecule has 44 heavy (non-hydrogen) atoms. The van der Waals surface area contributed by atoms with Crippen LogP contribution in [0.2, 0.25) is 0 Å². The van der Waals surface area contributed by atoms with Crippen molar-refractivity contribution >= 4 is 5.69 Å². The lowest BCUT2D eigenvalue weighted by atomic mass is 9.87. The summed E-state index contributed by atoms with van der Waals surface area (Å²) in [6.07, 6.45) is 2.88. The highest BCUT2D eigenvalue weighted by molar-refractivity contribution is 5.61. The van der Waals surface area contributed by atoms with Crippen LogP contribution in [-0.2, 0) is 20.8 Å². The molecule has 8 heteroatoms. The summed E-state index contributed by atoms with van der Waals surface area (Å²) in [5.74, 6) is 3.01. The summed E-state index contributed by atoms with van der Waals surface area (Å²) >= 11 is 0. The number of anilines is 1. The average Bonchev–Trinajstić information content (AvgIpc) is 3.07. The maximum Gasteiger partial charge on any atom is 0.142 e. The van der Waals surface area contributed by atoms with Gasteiger partial charge < -0.3 is 38.6 Å². The number of hydrogen-bond acceptors (Lipinski definition) is 8. The van der Waals surface area contributed by atoms with E-state index in [0.717, 1.165) is 80.5 Å².